The molecule has 33 heteroatoms. The minimum absolute atomic E-state index is 0.00658. The van der Waals surface area contributed by atoms with Crippen LogP contribution in [-0.2, 0) is 94.4 Å². The molecule has 0 unspecified atom stereocenters. The summed E-state index contributed by atoms with van der Waals surface area (Å²) in [6, 6.07) is 18.8. The van der Waals surface area contributed by atoms with Crippen molar-refractivity contribution in [1.82, 2.24) is 63.1 Å². The number of nitrogens with one attached hydrogen (secondary N) is 11. The van der Waals surface area contributed by atoms with Crippen LogP contribution in [0.15, 0.2) is 134 Å². The van der Waals surface area contributed by atoms with Gasteiger partial charge in [-0.05, 0) is 97.2 Å². The number of imidazole rings is 1. The van der Waals surface area contributed by atoms with E-state index >= 15 is 4.39 Å². The highest BCUT2D eigenvalue weighted by Gasteiger charge is 2.43. The van der Waals surface area contributed by atoms with Crippen LogP contribution in [0.25, 0.3) is 22.3 Å². The summed E-state index contributed by atoms with van der Waals surface area (Å²) in [5.41, 5.74) is 16.4. The number of aliphatic carboxylic acids is 2. The highest BCUT2D eigenvalue weighted by Crippen LogP contribution is 2.27. The average Bonchev–Trinajstić information content (AvgIpc) is 0.883. The topological polar surface area (TPSA) is 524 Å². The summed E-state index contributed by atoms with van der Waals surface area (Å²) in [6.45, 7) is 5.91. The van der Waals surface area contributed by atoms with E-state index in [0.29, 0.717) is 16.8 Å². The van der Waals surface area contributed by atoms with Gasteiger partial charge in [0, 0.05) is 37.6 Å². The number of nitrogens with two attached hydrogens (primary N) is 2. The van der Waals surface area contributed by atoms with E-state index in [4.69, 9.17) is 11.5 Å². The van der Waals surface area contributed by atoms with Gasteiger partial charge in [-0.15, -0.1) is 0 Å². The molecule has 0 saturated heterocycles. The highest BCUT2D eigenvalue weighted by molar-refractivity contribution is 6.01. The molecule has 0 radical (unpaired) electrons. The largest absolute Gasteiger partial charge is 0.481 e. The van der Waals surface area contributed by atoms with E-state index in [1.54, 1.807) is 36.4 Å². The van der Waals surface area contributed by atoms with Crippen LogP contribution in [0.2, 0.25) is 0 Å². The fourth-order valence-corrected chi connectivity index (χ4v) is 11.2. The van der Waals surface area contributed by atoms with Crippen LogP contribution in [0.4, 0.5) is 4.39 Å². The van der Waals surface area contributed by atoms with Gasteiger partial charge in [0.15, 0.2) is 0 Å². The van der Waals surface area contributed by atoms with Gasteiger partial charge in [0.2, 0.25) is 65.0 Å². The first-order valence-corrected chi connectivity index (χ1v) is 33.7. The third kappa shape index (κ3) is 24.4. The summed E-state index contributed by atoms with van der Waals surface area (Å²) in [5, 5.41) is 74.7. The zero-order valence-electron chi connectivity index (χ0n) is 58.9. The first-order valence-electron chi connectivity index (χ1n) is 33.7. The summed E-state index contributed by atoms with van der Waals surface area (Å²) >= 11 is 0. The second kappa shape index (κ2) is 39.2. The van der Waals surface area contributed by atoms with Crippen molar-refractivity contribution < 1.29 is 92.3 Å². The SMILES string of the molecule is CCc1ccccc1-c1ccc(C[C@H](NC(=O)[C@H](CC(=O)O)NC(=O)[C@H](CO)NC(=O)[C@@H](NC(=O)[C@](C)(Cc2ccccc2F)NC(=O)[C@@H](NC(=O)CNC(=O)[C@H](CC(=O)O)NC(=O)[C@@H](C)NC(=O)[C@@H](N)Cc2cnc[nH]2)[C@@H](C)O)[C@@H](C)O)C(=O)N[C@@H](Cc2ccc(-c3ccccc3C)cc2)C(N)=O)cc1. The summed E-state index contributed by atoms with van der Waals surface area (Å²) in [4.78, 5) is 182. The lowest BCUT2D eigenvalue weighted by Crippen LogP contribution is -2.67. The quantitative estimate of drug-likeness (QED) is 0.0207. The summed E-state index contributed by atoms with van der Waals surface area (Å²) in [7, 11) is 0. The van der Waals surface area contributed by atoms with E-state index in [1.165, 1.54) is 37.6 Å². The monoisotopic (exact) mass is 1470 g/mol. The Morgan fingerprint density at radius 3 is 1.58 bits per heavy atom. The van der Waals surface area contributed by atoms with Crippen LogP contribution in [0.1, 0.15) is 81.0 Å². The Labute approximate surface area is 608 Å². The van der Waals surface area contributed by atoms with Crippen molar-refractivity contribution in [3.8, 4) is 22.3 Å². The molecular weight excluding hydrogens is 1380 g/mol. The maximum absolute atomic E-state index is 15.4. The molecule has 0 spiro atoms. The first kappa shape index (κ1) is 83.1. The van der Waals surface area contributed by atoms with Crippen molar-refractivity contribution in [2.45, 2.75) is 159 Å². The summed E-state index contributed by atoms with van der Waals surface area (Å²) < 4.78 is 15.4. The molecule has 0 aliphatic carbocycles. The number of benzene rings is 5. The van der Waals surface area contributed by atoms with Crippen LogP contribution in [-0.4, -0.2) is 198 Å². The number of aliphatic hydroxyl groups excluding tert-OH is 3. The summed E-state index contributed by atoms with van der Waals surface area (Å²) in [6.07, 6.45) is -3.54. The third-order valence-corrected chi connectivity index (χ3v) is 17.1. The molecule has 0 fully saturated rings. The second-order valence-corrected chi connectivity index (χ2v) is 25.6. The minimum Gasteiger partial charge on any atom is -0.481 e. The Morgan fingerprint density at radius 2 is 1.04 bits per heavy atom. The van der Waals surface area contributed by atoms with Gasteiger partial charge in [0.25, 0.3) is 0 Å². The number of hydrogen-bond donors (Lipinski definition) is 18. The maximum Gasteiger partial charge on any atom is 0.305 e. The molecular formula is C73H89FN14O18. The third-order valence-electron chi connectivity index (χ3n) is 17.1. The van der Waals surface area contributed by atoms with E-state index < -0.39 is 187 Å². The van der Waals surface area contributed by atoms with Crippen molar-refractivity contribution in [2.24, 2.45) is 11.5 Å². The predicted octanol–water partition coefficient (Wildman–Crippen LogP) is -1.57. The van der Waals surface area contributed by atoms with Crippen molar-refractivity contribution in [3.05, 3.63) is 173 Å². The number of amides is 11. The van der Waals surface area contributed by atoms with Gasteiger partial charge in [-0.2, -0.15) is 0 Å². The minimum atomic E-state index is -2.43. The number of aryl methyl sites for hydroxylation is 2. The molecule has 0 saturated carbocycles. The van der Waals surface area contributed by atoms with E-state index in [9.17, 15) is 87.9 Å². The molecule has 106 heavy (non-hydrogen) atoms. The number of carbonyl (C=O) groups excluding carboxylic acids is 11. The fraction of sp³-hybridized carbons (Fsp3) is 0.370. The van der Waals surface area contributed by atoms with E-state index in [0.717, 1.165) is 66.6 Å². The Hall–Kier alpha value is -11.8. The number of primary amides is 1. The number of H-pyrrole nitrogens is 1. The van der Waals surface area contributed by atoms with Gasteiger partial charge in [0.1, 0.15) is 59.7 Å². The normalized spacial score (nSPS) is 14.8. The molecule has 12 atom stereocenters. The average molecular weight is 1470 g/mol. The van der Waals surface area contributed by atoms with E-state index in [1.807, 2.05) is 74.5 Å². The number of rotatable bonds is 39. The zero-order valence-corrected chi connectivity index (χ0v) is 58.9. The van der Waals surface area contributed by atoms with Crippen LogP contribution in [0.5, 0.6) is 0 Å². The second-order valence-electron chi connectivity index (χ2n) is 25.6. The fourth-order valence-electron chi connectivity index (χ4n) is 11.2. The molecule has 32 nitrogen and oxygen atoms in total. The molecule has 11 amide bonds. The number of aliphatic hydroxyl groups is 3. The number of aromatic amines is 1. The number of aromatic nitrogens is 2. The smallest absolute Gasteiger partial charge is 0.305 e. The summed E-state index contributed by atoms with van der Waals surface area (Å²) in [5.74, 6) is -17.1. The van der Waals surface area contributed by atoms with Crippen molar-refractivity contribution in [1.29, 1.82) is 0 Å². The number of hydrogen-bond acceptors (Lipinski definition) is 18. The van der Waals surface area contributed by atoms with Crippen molar-refractivity contribution >= 4 is 76.9 Å². The molecule has 6 aromatic rings. The Kier molecular flexibility index (Phi) is 30.7. The Bertz CT molecular complexity index is 4120. The van der Waals surface area contributed by atoms with Gasteiger partial charge < -0.3 is 95.2 Å². The van der Waals surface area contributed by atoms with Gasteiger partial charge in [0.05, 0.1) is 50.6 Å². The molecule has 566 valence electrons. The molecule has 0 bridgehead atoms. The number of carboxylic acid groups (broad SMARTS) is 2. The number of halogens is 1. The van der Waals surface area contributed by atoms with Gasteiger partial charge in [-0.3, -0.25) is 62.3 Å². The van der Waals surface area contributed by atoms with Crippen LogP contribution in [0.3, 0.4) is 0 Å². The predicted molar refractivity (Wildman–Crippen MR) is 380 cm³/mol. The Balaban J connectivity index is 1.16. The maximum atomic E-state index is 15.4. The lowest BCUT2D eigenvalue weighted by molar-refractivity contribution is -0.142. The van der Waals surface area contributed by atoms with Gasteiger partial charge in [-0.25, -0.2) is 9.37 Å². The van der Waals surface area contributed by atoms with E-state index in [2.05, 4.69) is 63.1 Å². The highest BCUT2D eigenvalue weighted by atomic mass is 19.1. The van der Waals surface area contributed by atoms with Crippen LogP contribution >= 0.6 is 0 Å². The Morgan fingerprint density at radius 1 is 0.547 bits per heavy atom. The molecule has 0 aliphatic rings. The molecule has 0 aliphatic heterocycles. The zero-order chi connectivity index (χ0) is 78.1. The molecule has 1 heterocycles. The standard InChI is InChI=1S/C73H89FN14O18/c1-7-44-15-9-12-18-50(44)46-26-22-43(23-27-46)29-54(67(101)81-53(63(76)97)28-42-20-24-45(25-21-42)49-17-11-8-14-38(49)2)83-68(102)56(32-60(95)96)84-69(103)57(36-89)85-70(104)61(40(4)90)87-72(106)73(6,33-47-16-10-13-19-51(47)74)88-71(105)62(41(5)91)86-58(92)35-78-66(100)55(31-59(93)94)82-64(98)39(3)80-65(99)52(75)30-48-34-77-37-79-48/h8-27,34,37,39-41,52-57,61-62,89-91H,7,28-33,35-36,75H2,1-6H3,(H2,76,97)(H,77,79)(H,78,100)(H,80,99)(H,81,101)(H,82,98)(H,83,102)(H,84,103)(H,85,104)(H,86,92)(H,87,106)(H,88,105)(H,93,94)(H,95,96)/t39-,40-,41-,52+,53+,54+,55+,56+,57+,61+,62+,73+/m1/s1. The van der Waals surface area contributed by atoms with Crippen molar-refractivity contribution in [3.63, 3.8) is 0 Å². The van der Waals surface area contributed by atoms with Crippen molar-refractivity contribution in [2.75, 3.05) is 13.2 Å². The molecule has 20 N–H and O–H groups in total. The molecule has 5 aromatic carbocycles. The van der Waals surface area contributed by atoms with Gasteiger partial charge in [-0.1, -0.05) is 122 Å². The number of carbonyl (C=O) groups is 13. The van der Waals surface area contributed by atoms with E-state index in [-0.39, 0.29) is 24.8 Å². The van der Waals surface area contributed by atoms with Crippen LogP contribution < -0.4 is 64.6 Å². The van der Waals surface area contributed by atoms with Gasteiger partial charge >= 0.3 is 11.9 Å². The first-order chi connectivity index (χ1) is 50.2. The van der Waals surface area contributed by atoms with Crippen LogP contribution in [0, 0.1) is 12.7 Å². The lowest BCUT2D eigenvalue weighted by atomic mass is 9.90. The number of nitrogens with zero attached hydrogens (tertiary/aromatic N) is 1. The molecule has 1 aromatic heterocycles. The lowest BCUT2D eigenvalue weighted by Gasteiger charge is -2.34. The number of carboxylic acids is 2. The molecule has 6 rings (SSSR count).